The zero-order valence-corrected chi connectivity index (χ0v) is 11.0. The number of aromatic carboxylic acids is 1. The Morgan fingerprint density at radius 3 is 2.67 bits per heavy atom. The summed E-state index contributed by atoms with van der Waals surface area (Å²) in [7, 11) is 3.04. The van der Waals surface area contributed by atoms with Gasteiger partial charge in [-0.05, 0) is 12.5 Å². The predicted molar refractivity (Wildman–Crippen MR) is 66.4 cm³/mol. The molecule has 0 amide bonds. The minimum atomic E-state index is -0.967. The maximum absolute atomic E-state index is 11.1. The molecule has 0 spiro atoms. The van der Waals surface area contributed by atoms with Crippen LogP contribution in [0.5, 0.6) is 5.88 Å². The standard InChI is InChI=1S/C11H12N2O4S/c1-5-7-9(17-3)12-6(4-16-2)13-10(7)18-8(5)11(14)15/h4H2,1-3H3,(H,14,15). The molecule has 0 unspecified atom stereocenters. The first-order chi connectivity index (χ1) is 8.58. The molecular formula is C11H12N2O4S. The molecule has 0 saturated carbocycles. The number of carboxylic acids is 1. The summed E-state index contributed by atoms with van der Waals surface area (Å²) in [4.78, 5) is 20.4. The molecule has 0 aromatic carbocycles. The molecule has 0 fully saturated rings. The number of hydrogen-bond acceptors (Lipinski definition) is 6. The van der Waals surface area contributed by atoms with Crippen LogP contribution in [0.1, 0.15) is 21.1 Å². The van der Waals surface area contributed by atoms with Crippen molar-refractivity contribution in [2.24, 2.45) is 0 Å². The number of aryl methyl sites for hydroxylation is 1. The smallest absolute Gasteiger partial charge is 0.346 e. The van der Waals surface area contributed by atoms with Gasteiger partial charge in [-0.2, -0.15) is 4.98 Å². The van der Waals surface area contributed by atoms with E-state index in [4.69, 9.17) is 14.6 Å². The van der Waals surface area contributed by atoms with E-state index in [1.165, 1.54) is 7.11 Å². The van der Waals surface area contributed by atoms with Crippen LogP contribution in [0, 0.1) is 6.92 Å². The van der Waals surface area contributed by atoms with E-state index < -0.39 is 5.97 Å². The molecule has 96 valence electrons. The van der Waals surface area contributed by atoms with Crippen LogP contribution in [-0.2, 0) is 11.3 Å². The van der Waals surface area contributed by atoms with E-state index in [2.05, 4.69) is 9.97 Å². The molecule has 1 N–H and O–H groups in total. The summed E-state index contributed by atoms with van der Waals surface area (Å²) in [6, 6.07) is 0. The van der Waals surface area contributed by atoms with E-state index in [1.807, 2.05) is 0 Å². The van der Waals surface area contributed by atoms with Gasteiger partial charge in [-0.25, -0.2) is 9.78 Å². The number of methoxy groups -OCH3 is 2. The van der Waals surface area contributed by atoms with Crippen LogP contribution in [0.25, 0.3) is 10.2 Å². The number of fused-ring (bicyclic) bond motifs is 1. The average Bonchev–Trinajstić information content (AvgIpc) is 2.66. The Morgan fingerprint density at radius 2 is 2.11 bits per heavy atom. The van der Waals surface area contributed by atoms with Crippen LogP contribution in [0.4, 0.5) is 0 Å². The van der Waals surface area contributed by atoms with Gasteiger partial charge in [-0.3, -0.25) is 0 Å². The number of ether oxygens (including phenoxy) is 2. The SMILES string of the molecule is COCc1nc(OC)c2c(C)c(C(=O)O)sc2n1. The van der Waals surface area contributed by atoms with E-state index in [1.54, 1.807) is 14.0 Å². The summed E-state index contributed by atoms with van der Waals surface area (Å²) in [6.45, 7) is 1.98. The lowest BCUT2D eigenvalue weighted by molar-refractivity contribution is 0.0701. The first-order valence-electron chi connectivity index (χ1n) is 5.14. The second-order valence-electron chi connectivity index (χ2n) is 3.62. The van der Waals surface area contributed by atoms with Crippen molar-refractivity contribution in [3.05, 3.63) is 16.3 Å². The summed E-state index contributed by atoms with van der Waals surface area (Å²) in [5, 5.41) is 9.75. The maximum atomic E-state index is 11.1. The lowest BCUT2D eigenvalue weighted by Crippen LogP contribution is -2.00. The maximum Gasteiger partial charge on any atom is 0.346 e. The van der Waals surface area contributed by atoms with Gasteiger partial charge in [-0.15, -0.1) is 11.3 Å². The quantitative estimate of drug-likeness (QED) is 0.911. The highest BCUT2D eigenvalue weighted by Gasteiger charge is 2.20. The van der Waals surface area contributed by atoms with Crippen LogP contribution in [0.2, 0.25) is 0 Å². The first-order valence-corrected chi connectivity index (χ1v) is 5.96. The second-order valence-corrected chi connectivity index (χ2v) is 4.62. The van der Waals surface area contributed by atoms with Crippen molar-refractivity contribution in [1.29, 1.82) is 0 Å². The molecule has 0 aliphatic carbocycles. The van der Waals surface area contributed by atoms with Crippen molar-refractivity contribution in [3.63, 3.8) is 0 Å². The fourth-order valence-corrected chi connectivity index (χ4v) is 2.72. The molecule has 18 heavy (non-hydrogen) atoms. The zero-order chi connectivity index (χ0) is 13.3. The Labute approximate surface area is 107 Å². The van der Waals surface area contributed by atoms with Crippen molar-refractivity contribution in [2.45, 2.75) is 13.5 Å². The molecule has 2 aromatic heterocycles. The summed E-state index contributed by atoms with van der Waals surface area (Å²) in [5.74, 6) is -0.112. The van der Waals surface area contributed by atoms with Gasteiger partial charge in [-0.1, -0.05) is 0 Å². The second kappa shape index (κ2) is 4.87. The zero-order valence-electron chi connectivity index (χ0n) is 10.2. The van der Waals surface area contributed by atoms with E-state index in [0.717, 1.165) is 11.3 Å². The molecule has 0 atom stereocenters. The lowest BCUT2D eigenvalue weighted by Gasteiger charge is -2.04. The van der Waals surface area contributed by atoms with E-state index in [-0.39, 0.29) is 11.5 Å². The Kier molecular flexibility index (Phi) is 3.44. The number of carboxylic acid groups (broad SMARTS) is 1. The summed E-state index contributed by atoms with van der Waals surface area (Å²) in [6.07, 6.45) is 0. The number of carbonyl (C=O) groups is 1. The van der Waals surface area contributed by atoms with Gasteiger partial charge in [0.05, 0.1) is 12.5 Å². The Bertz CT molecular complexity index is 609. The molecule has 0 radical (unpaired) electrons. The van der Waals surface area contributed by atoms with Crippen LogP contribution in [0.3, 0.4) is 0 Å². The monoisotopic (exact) mass is 268 g/mol. The van der Waals surface area contributed by atoms with Gasteiger partial charge in [0, 0.05) is 7.11 Å². The van der Waals surface area contributed by atoms with Crippen molar-refractivity contribution < 1.29 is 19.4 Å². The van der Waals surface area contributed by atoms with Crippen molar-refractivity contribution in [2.75, 3.05) is 14.2 Å². The third kappa shape index (κ3) is 2.02. The summed E-state index contributed by atoms with van der Waals surface area (Å²) >= 11 is 1.12. The Hall–Kier alpha value is -1.73. The number of hydrogen-bond donors (Lipinski definition) is 1. The number of rotatable bonds is 4. The number of aromatic nitrogens is 2. The number of nitrogens with zero attached hydrogens (tertiary/aromatic N) is 2. The third-order valence-corrected chi connectivity index (χ3v) is 3.64. The van der Waals surface area contributed by atoms with Gasteiger partial charge in [0.25, 0.3) is 0 Å². The minimum Gasteiger partial charge on any atom is -0.480 e. The van der Waals surface area contributed by atoms with E-state index in [9.17, 15) is 4.79 Å². The molecule has 6 nitrogen and oxygen atoms in total. The van der Waals surface area contributed by atoms with Crippen molar-refractivity contribution in [1.82, 2.24) is 9.97 Å². The molecule has 7 heteroatoms. The van der Waals surface area contributed by atoms with Gasteiger partial charge >= 0.3 is 5.97 Å². The molecule has 0 saturated heterocycles. The van der Waals surface area contributed by atoms with Crippen LogP contribution in [0.15, 0.2) is 0 Å². The summed E-state index contributed by atoms with van der Waals surface area (Å²) in [5.41, 5.74) is 0.628. The molecule has 2 aromatic rings. The highest BCUT2D eigenvalue weighted by molar-refractivity contribution is 7.20. The molecule has 0 bridgehead atoms. The average molecular weight is 268 g/mol. The fourth-order valence-electron chi connectivity index (χ4n) is 1.69. The highest BCUT2D eigenvalue weighted by Crippen LogP contribution is 2.34. The van der Waals surface area contributed by atoms with Crippen molar-refractivity contribution >= 4 is 27.5 Å². The highest BCUT2D eigenvalue weighted by atomic mass is 32.1. The predicted octanol–water partition coefficient (Wildman–Crippen LogP) is 1.85. The molecule has 0 aliphatic rings. The fraction of sp³-hybridized carbons (Fsp3) is 0.364. The first kappa shape index (κ1) is 12.7. The van der Waals surface area contributed by atoms with E-state index >= 15 is 0 Å². The van der Waals surface area contributed by atoms with Crippen LogP contribution >= 0.6 is 11.3 Å². The molecule has 2 rings (SSSR count). The molecule has 0 aliphatic heterocycles. The Morgan fingerprint density at radius 1 is 1.39 bits per heavy atom. The van der Waals surface area contributed by atoms with Gasteiger partial charge in [0.2, 0.25) is 5.88 Å². The Balaban J connectivity index is 2.71. The normalized spacial score (nSPS) is 10.8. The topological polar surface area (TPSA) is 81.5 Å². The van der Waals surface area contributed by atoms with Crippen LogP contribution in [-0.4, -0.2) is 35.3 Å². The number of thiophene rings is 1. The summed E-state index contributed by atoms with van der Waals surface area (Å²) < 4.78 is 10.2. The lowest BCUT2D eigenvalue weighted by atomic mass is 10.2. The van der Waals surface area contributed by atoms with Gasteiger partial charge in [0.15, 0.2) is 5.82 Å². The van der Waals surface area contributed by atoms with Gasteiger partial charge in [0.1, 0.15) is 16.3 Å². The minimum absolute atomic E-state index is 0.256. The van der Waals surface area contributed by atoms with Crippen molar-refractivity contribution in [3.8, 4) is 5.88 Å². The molecular weight excluding hydrogens is 256 g/mol. The third-order valence-electron chi connectivity index (χ3n) is 2.46. The molecule has 2 heterocycles. The van der Waals surface area contributed by atoms with Gasteiger partial charge < -0.3 is 14.6 Å². The van der Waals surface area contributed by atoms with E-state index in [0.29, 0.717) is 27.5 Å². The van der Waals surface area contributed by atoms with Crippen LogP contribution < -0.4 is 4.74 Å². The largest absolute Gasteiger partial charge is 0.480 e.